The van der Waals surface area contributed by atoms with Gasteiger partial charge in [-0.25, -0.2) is 0 Å². The highest BCUT2D eigenvalue weighted by molar-refractivity contribution is 5.87. The summed E-state index contributed by atoms with van der Waals surface area (Å²) in [6.45, 7) is 0.394. The van der Waals surface area contributed by atoms with Crippen LogP contribution in [0.15, 0.2) is 54.6 Å². The molecule has 1 aliphatic carbocycles. The van der Waals surface area contributed by atoms with Crippen LogP contribution in [0.3, 0.4) is 0 Å². The molecule has 1 atom stereocenters. The summed E-state index contributed by atoms with van der Waals surface area (Å²) in [5.41, 5.74) is 4.19. The van der Waals surface area contributed by atoms with Gasteiger partial charge in [0.05, 0.1) is 6.61 Å². The van der Waals surface area contributed by atoms with Crippen molar-refractivity contribution in [3.63, 3.8) is 0 Å². The Kier molecular flexibility index (Phi) is 5.62. The summed E-state index contributed by atoms with van der Waals surface area (Å²) in [5, 5.41) is 13.4. The van der Waals surface area contributed by atoms with E-state index in [2.05, 4.69) is 5.32 Å². The zero-order chi connectivity index (χ0) is 20.2. The van der Waals surface area contributed by atoms with Crippen molar-refractivity contribution in [2.24, 2.45) is 0 Å². The number of aliphatic carboxylic acids is 1. The summed E-state index contributed by atoms with van der Waals surface area (Å²) >= 11 is 0. The van der Waals surface area contributed by atoms with Crippen molar-refractivity contribution in [1.82, 2.24) is 9.88 Å². The molecule has 4 rings (SSSR count). The van der Waals surface area contributed by atoms with E-state index in [0.717, 1.165) is 40.6 Å². The number of hydrogen-bond donors (Lipinski definition) is 2. The van der Waals surface area contributed by atoms with E-state index >= 15 is 0 Å². The Labute approximate surface area is 169 Å². The molecule has 3 aromatic rings. The van der Waals surface area contributed by atoms with Gasteiger partial charge in [-0.3, -0.25) is 9.59 Å². The summed E-state index contributed by atoms with van der Waals surface area (Å²) in [6, 6.07) is 17.7. The minimum atomic E-state index is -0.848. The zero-order valence-corrected chi connectivity index (χ0v) is 16.1. The lowest BCUT2D eigenvalue weighted by molar-refractivity contribution is -0.137. The lowest BCUT2D eigenvalue weighted by Crippen LogP contribution is -2.40. The fraction of sp³-hybridized carbons (Fsp3) is 0.304. The molecule has 0 saturated heterocycles. The van der Waals surface area contributed by atoms with Crippen LogP contribution in [0.25, 0.3) is 10.9 Å². The molecule has 6 nitrogen and oxygen atoms in total. The number of aromatic nitrogens is 1. The molecular weight excluding hydrogens is 368 g/mol. The quantitative estimate of drug-likeness (QED) is 0.648. The van der Waals surface area contributed by atoms with E-state index in [9.17, 15) is 14.7 Å². The number of para-hydroxylation sites is 1. The van der Waals surface area contributed by atoms with Gasteiger partial charge in [0.2, 0.25) is 5.91 Å². The van der Waals surface area contributed by atoms with Crippen molar-refractivity contribution in [2.75, 3.05) is 6.61 Å². The molecule has 0 bridgehead atoms. The van der Waals surface area contributed by atoms with Gasteiger partial charge in [0.1, 0.15) is 13.2 Å². The number of carbonyl (C=O) groups excluding carboxylic acids is 1. The predicted octanol–water partition coefficient (Wildman–Crippen LogP) is 2.92. The number of hydrogen-bond acceptors (Lipinski definition) is 3. The van der Waals surface area contributed by atoms with Crippen LogP contribution in [0.1, 0.15) is 23.2 Å². The van der Waals surface area contributed by atoms with Crippen molar-refractivity contribution in [2.45, 2.75) is 38.5 Å². The molecule has 0 spiro atoms. The first kappa shape index (κ1) is 19.2. The van der Waals surface area contributed by atoms with Gasteiger partial charge in [0.15, 0.2) is 0 Å². The van der Waals surface area contributed by atoms with Crippen LogP contribution < -0.4 is 5.32 Å². The first-order valence-corrected chi connectivity index (χ1v) is 9.83. The smallest absolute Gasteiger partial charge is 0.323 e. The third kappa shape index (κ3) is 4.32. The van der Waals surface area contributed by atoms with Crippen LogP contribution in [0.4, 0.5) is 0 Å². The number of carboxylic acids is 1. The highest BCUT2D eigenvalue weighted by Gasteiger charge is 2.26. The predicted molar refractivity (Wildman–Crippen MR) is 110 cm³/mol. The monoisotopic (exact) mass is 392 g/mol. The van der Waals surface area contributed by atoms with E-state index < -0.39 is 5.97 Å². The number of fused-ring (bicyclic) bond motifs is 3. The van der Waals surface area contributed by atoms with Gasteiger partial charge in [-0.05, 0) is 36.5 Å². The van der Waals surface area contributed by atoms with E-state index in [4.69, 9.17) is 4.74 Å². The number of nitrogens with one attached hydrogen (secondary N) is 1. The Hall–Kier alpha value is -3.12. The van der Waals surface area contributed by atoms with Crippen LogP contribution in [0.5, 0.6) is 0 Å². The van der Waals surface area contributed by atoms with E-state index in [-0.39, 0.29) is 25.1 Å². The number of carboxylic acid groups (broad SMARTS) is 1. The molecule has 1 aromatic heterocycles. The van der Waals surface area contributed by atoms with Gasteiger partial charge < -0.3 is 19.7 Å². The van der Waals surface area contributed by atoms with Gasteiger partial charge >= 0.3 is 5.97 Å². The van der Waals surface area contributed by atoms with Gasteiger partial charge in [0, 0.05) is 22.6 Å². The molecule has 2 aromatic carbocycles. The molecule has 150 valence electrons. The Morgan fingerprint density at radius 1 is 1.10 bits per heavy atom. The molecule has 0 aliphatic heterocycles. The van der Waals surface area contributed by atoms with E-state index in [1.165, 1.54) is 0 Å². The van der Waals surface area contributed by atoms with Crippen LogP contribution in [0.2, 0.25) is 0 Å². The lowest BCUT2D eigenvalue weighted by Gasteiger charge is -2.25. The summed E-state index contributed by atoms with van der Waals surface area (Å²) < 4.78 is 7.43. The topological polar surface area (TPSA) is 80.6 Å². The second kappa shape index (κ2) is 8.49. The molecular formula is C23H24N2O4. The zero-order valence-electron chi connectivity index (χ0n) is 16.1. The molecule has 0 saturated carbocycles. The normalized spacial score (nSPS) is 15.8. The van der Waals surface area contributed by atoms with Gasteiger partial charge in [-0.15, -0.1) is 0 Å². The van der Waals surface area contributed by atoms with Crippen molar-refractivity contribution >= 4 is 22.8 Å². The first-order chi connectivity index (χ1) is 14.1. The van der Waals surface area contributed by atoms with E-state index in [1.807, 2.05) is 59.2 Å². The molecule has 0 fully saturated rings. The van der Waals surface area contributed by atoms with Crippen LogP contribution >= 0.6 is 0 Å². The fourth-order valence-electron chi connectivity index (χ4n) is 4.15. The number of benzene rings is 2. The summed E-state index contributed by atoms with van der Waals surface area (Å²) in [4.78, 5) is 23.6. The van der Waals surface area contributed by atoms with Crippen LogP contribution in [-0.4, -0.2) is 34.2 Å². The Morgan fingerprint density at radius 3 is 2.66 bits per heavy atom. The maximum Gasteiger partial charge on any atom is 0.323 e. The number of rotatable bonds is 7. The summed E-state index contributed by atoms with van der Waals surface area (Å²) in [6.07, 6.45) is 2.23. The number of amides is 1. The van der Waals surface area contributed by atoms with E-state index in [1.54, 1.807) is 0 Å². The second-order valence-electron chi connectivity index (χ2n) is 7.41. The molecule has 0 radical (unpaired) electrons. The summed E-state index contributed by atoms with van der Waals surface area (Å²) in [7, 11) is 0. The highest BCUT2D eigenvalue weighted by Crippen LogP contribution is 2.32. The first-order valence-electron chi connectivity index (χ1n) is 9.83. The Morgan fingerprint density at radius 2 is 1.86 bits per heavy atom. The third-order valence-corrected chi connectivity index (χ3v) is 5.38. The van der Waals surface area contributed by atoms with Gasteiger partial charge in [0.25, 0.3) is 0 Å². The van der Waals surface area contributed by atoms with Crippen molar-refractivity contribution in [3.8, 4) is 0 Å². The Balaban J connectivity index is 1.41. The van der Waals surface area contributed by atoms with Crippen molar-refractivity contribution in [1.29, 1.82) is 0 Å². The standard InChI is InChI=1S/C23H24N2O4/c26-22(15-29-14-16-6-2-1-3-7-16)24-17-10-11-21-19(12-17)18-8-4-5-9-20(18)25(21)13-23(27)28/h1-9,17H,10-15H2,(H,24,26)(H,27,28). The fourth-order valence-corrected chi connectivity index (χ4v) is 4.15. The maximum atomic E-state index is 12.3. The number of ether oxygens (including phenoxy) is 1. The largest absolute Gasteiger partial charge is 0.480 e. The van der Waals surface area contributed by atoms with Gasteiger partial charge in [-0.1, -0.05) is 48.5 Å². The number of nitrogens with zero attached hydrogens (tertiary/aromatic N) is 1. The molecule has 6 heteroatoms. The SMILES string of the molecule is O=C(O)Cn1c2c(c3ccccc31)CC(NC(=O)COCc1ccccc1)CC2. The van der Waals surface area contributed by atoms with Crippen LogP contribution in [-0.2, 0) is 40.3 Å². The van der Waals surface area contributed by atoms with Crippen molar-refractivity contribution in [3.05, 3.63) is 71.4 Å². The molecule has 1 aliphatic rings. The Bertz CT molecular complexity index is 1030. The molecule has 1 amide bonds. The molecule has 2 N–H and O–H groups in total. The van der Waals surface area contributed by atoms with E-state index in [0.29, 0.717) is 13.0 Å². The van der Waals surface area contributed by atoms with Crippen molar-refractivity contribution < 1.29 is 19.4 Å². The maximum absolute atomic E-state index is 12.3. The second-order valence-corrected chi connectivity index (χ2v) is 7.41. The minimum Gasteiger partial charge on any atom is -0.480 e. The van der Waals surface area contributed by atoms with Gasteiger partial charge in [-0.2, -0.15) is 0 Å². The average molecular weight is 392 g/mol. The third-order valence-electron chi connectivity index (χ3n) is 5.38. The molecule has 1 unspecified atom stereocenters. The number of carbonyl (C=O) groups is 2. The minimum absolute atomic E-state index is 0.0268. The highest BCUT2D eigenvalue weighted by atomic mass is 16.5. The summed E-state index contributed by atoms with van der Waals surface area (Å²) in [5.74, 6) is -0.969. The lowest BCUT2D eigenvalue weighted by atomic mass is 9.91. The average Bonchev–Trinajstić information content (AvgIpc) is 3.02. The van der Waals surface area contributed by atoms with Crippen LogP contribution in [0, 0.1) is 0 Å². The molecule has 29 heavy (non-hydrogen) atoms. The molecule has 1 heterocycles.